The van der Waals surface area contributed by atoms with E-state index in [2.05, 4.69) is 5.32 Å². The number of carbonyl (C=O) groups excluding carboxylic acids is 2. The van der Waals surface area contributed by atoms with Gasteiger partial charge in [0.1, 0.15) is 24.1 Å². The third-order valence-electron chi connectivity index (χ3n) is 11.0. The summed E-state index contributed by atoms with van der Waals surface area (Å²) < 4.78 is 37.6. The lowest BCUT2D eigenvalue weighted by molar-refractivity contribution is -0.314. The summed E-state index contributed by atoms with van der Waals surface area (Å²) in [5.41, 5.74) is -4.26. The molecule has 13 nitrogen and oxygen atoms in total. The van der Waals surface area contributed by atoms with Gasteiger partial charge in [0.05, 0.1) is 41.5 Å². The summed E-state index contributed by atoms with van der Waals surface area (Å²) in [6, 6.07) is -0.339. The highest BCUT2D eigenvalue weighted by molar-refractivity contribution is 6.04. The second-order valence-corrected chi connectivity index (χ2v) is 15.3. The van der Waals surface area contributed by atoms with E-state index in [1.807, 2.05) is 20.8 Å². The van der Waals surface area contributed by atoms with Crippen LogP contribution in [0, 0.1) is 17.8 Å². The minimum absolute atomic E-state index is 0.0798. The van der Waals surface area contributed by atoms with Crippen LogP contribution in [0.4, 0.5) is 0 Å². The molecule has 4 aliphatic heterocycles. The minimum Gasteiger partial charge on any atom is -0.479 e. The fourth-order valence-corrected chi connectivity index (χ4v) is 8.20. The highest BCUT2D eigenvalue weighted by Gasteiger charge is 2.55. The van der Waals surface area contributed by atoms with E-state index >= 15 is 0 Å². The Bertz CT molecular complexity index is 1210. The van der Waals surface area contributed by atoms with Crippen LogP contribution in [0.5, 0.6) is 0 Å². The Hall–Kier alpha value is -1.68. The van der Waals surface area contributed by atoms with Crippen LogP contribution in [0.15, 0.2) is 11.3 Å². The fourth-order valence-electron chi connectivity index (χ4n) is 8.20. The molecule has 0 spiro atoms. The lowest BCUT2D eigenvalue weighted by Gasteiger charge is -2.47. The normalized spacial score (nSPS) is 49.4. The molecular weight excluding hydrogens is 626 g/mol. The number of cyclic esters (lactones) is 1. The molecule has 2 unspecified atom stereocenters. The average molecular weight is 686 g/mol. The first-order valence-corrected chi connectivity index (χ1v) is 17.4. The molecular formula is C35H59NO12. The fraction of sp³-hybridized carbons (Fsp3) is 0.886. The molecule has 4 aliphatic rings. The van der Waals surface area contributed by atoms with Crippen LogP contribution in [-0.4, -0.2) is 117 Å². The van der Waals surface area contributed by atoms with Crippen molar-refractivity contribution in [3.8, 4) is 0 Å². The number of allylic oxidation sites excluding steroid dienone is 1. The van der Waals surface area contributed by atoms with Gasteiger partial charge in [-0.25, -0.2) is 0 Å². The average Bonchev–Trinajstić information content (AvgIpc) is 3.24. The van der Waals surface area contributed by atoms with Crippen LogP contribution in [0.25, 0.3) is 0 Å². The molecule has 16 atom stereocenters. The highest BCUT2D eigenvalue weighted by atomic mass is 16.7. The van der Waals surface area contributed by atoms with Crippen LogP contribution in [0.3, 0.4) is 0 Å². The van der Waals surface area contributed by atoms with E-state index in [0.29, 0.717) is 24.2 Å². The maximum atomic E-state index is 14.0. The van der Waals surface area contributed by atoms with Crippen LogP contribution in [0.2, 0.25) is 0 Å². The number of carbonyl (C=O) groups is 2. The zero-order valence-corrected chi connectivity index (χ0v) is 30.4. The molecule has 276 valence electrons. The summed E-state index contributed by atoms with van der Waals surface area (Å²) in [5.74, 6) is -2.78. The summed E-state index contributed by atoms with van der Waals surface area (Å²) in [4.78, 5) is 27.7. The van der Waals surface area contributed by atoms with Gasteiger partial charge in [0.25, 0.3) is 0 Å². The van der Waals surface area contributed by atoms with Crippen molar-refractivity contribution < 1.29 is 58.4 Å². The van der Waals surface area contributed by atoms with Crippen molar-refractivity contribution in [2.24, 2.45) is 17.8 Å². The van der Waals surface area contributed by atoms with Gasteiger partial charge in [0.2, 0.25) is 11.4 Å². The van der Waals surface area contributed by atoms with Crippen molar-refractivity contribution in [3.63, 3.8) is 0 Å². The van der Waals surface area contributed by atoms with Gasteiger partial charge in [0.15, 0.2) is 12.6 Å². The molecule has 0 aromatic carbocycles. The molecule has 5 N–H and O–H groups in total. The maximum Gasteiger partial charge on any atom is 0.311 e. The van der Waals surface area contributed by atoms with Crippen LogP contribution in [0.1, 0.15) is 94.9 Å². The van der Waals surface area contributed by atoms with Gasteiger partial charge in [-0.05, 0) is 74.8 Å². The van der Waals surface area contributed by atoms with E-state index in [0.717, 1.165) is 0 Å². The van der Waals surface area contributed by atoms with E-state index in [9.17, 15) is 30.0 Å². The number of nitrogens with one attached hydrogen (secondary N) is 1. The molecule has 3 saturated heterocycles. The first-order valence-electron chi connectivity index (χ1n) is 17.4. The van der Waals surface area contributed by atoms with Gasteiger partial charge in [-0.3, -0.25) is 9.59 Å². The van der Waals surface area contributed by atoms with E-state index in [1.54, 1.807) is 48.6 Å². The highest BCUT2D eigenvalue weighted by Crippen LogP contribution is 2.44. The number of hydrogen-bond acceptors (Lipinski definition) is 13. The third kappa shape index (κ3) is 7.50. The first kappa shape index (κ1) is 39.1. The van der Waals surface area contributed by atoms with Crippen molar-refractivity contribution in [3.05, 3.63) is 11.3 Å². The summed E-state index contributed by atoms with van der Waals surface area (Å²) in [7, 11) is 1.74. The number of likely N-dealkylation sites (N-methyl/N-ethyl adjacent to an activating group) is 1. The Kier molecular flexibility index (Phi) is 11.8. The molecule has 4 heterocycles. The number of rotatable bonds is 6. The number of aliphatic hydroxyl groups is 4. The number of ether oxygens (including phenoxy) is 6. The molecule has 0 amide bonds. The number of fused-ring (bicyclic) bond motifs is 2. The van der Waals surface area contributed by atoms with E-state index in [4.69, 9.17) is 28.4 Å². The molecule has 0 aromatic heterocycles. The van der Waals surface area contributed by atoms with Gasteiger partial charge in [-0.1, -0.05) is 20.8 Å². The van der Waals surface area contributed by atoms with Crippen molar-refractivity contribution in [1.82, 2.24) is 5.32 Å². The first-order chi connectivity index (χ1) is 22.2. The Balaban J connectivity index is 1.82. The summed E-state index contributed by atoms with van der Waals surface area (Å²) in [6.45, 7) is 17.0. The Morgan fingerprint density at radius 3 is 2.19 bits per heavy atom. The van der Waals surface area contributed by atoms with Crippen LogP contribution in [-0.2, 0) is 38.0 Å². The quantitative estimate of drug-likeness (QED) is 0.257. The monoisotopic (exact) mass is 685 g/mol. The van der Waals surface area contributed by atoms with Gasteiger partial charge in [-0.15, -0.1) is 0 Å². The lowest BCUT2D eigenvalue weighted by Crippen LogP contribution is -2.60. The number of esters is 1. The van der Waals surface area contributed by atoms with E-state index < -0.39 is 89.7 Å². The van der Waals surface area contributed by atoms with Crippen molar-refractivity contribution >= 4 is 11.8 Å². The predicted octanol–water partition coefficient (Wildman–Crippen LogP) is 2.10. The Morgan fingerprint density at radius 1 is 0.958 bits per heavy atom. The summed E-state index contributed by atoms with van der Waals surface area (Å²) in [6.07, 6.45) is -7.73. The molecule has 0 aromatic rings. The van der Waals surface area contributed by atoms with Crippen LogP contribution < -0.4 is 5.32 Å². The van der Waals surface area contributed by atoms with Gasteiger partial charge < -0.3 is 54.2 Å². The standard InChI is InChI=1S/C35H59NO12/c1-12-23-35(10)28(38)18(4)26(48-35)16(2)14-34(9,42)30(47-32-25(37)22(36-11)13-17(3)43-32)19(5)27(20(6)31(40)45-23)46-24-15-33(8,41)29(39)21(7)44-24/h16-17,19-25,27,29-30,32,36-37,39,41-42H,12-15H2,1-11H3/t16-,17-,19+,20-,21+,22+,23-,24+,25-,27+,29+,30-,32?,33-,34-,35?/m1/s1. The topological polar surface area (TPSA) is 182 Å². The second-order valence-electron chi connectivity index (χ2n) is 15.3. The lowest BCUT2D eigenvalue weighted by atomic mass is 9.77. The number of ketones is 1. The number of Topliss-reactive ketones (excluding diaryl/α,β-unsaturated/α-hetero) is 1. The predicted molar refractivity (Wildman–Crippen MR) is 173 cm³/mol. The zero-order chi connectivity index (χ0) is 36.1. The summed E-state index contributed by atoms with van der Waals surface area (Å²) in [5, 5.41) is 48.3. The molecule has 2 bridgehead atoms. The molecule has 0 radical (unpaired) electrons. The molecule has 13 heteroatoms. The van der Waals surface area contributed by atoms with Crippen LogP contribution >= 0.6 is 0 Å². The minimum atomic E-state index is -1.65. The molecule has 4 rings (SSSR count). The van der Waals surface area contributed by atoms with Gasteiger partial charge in [0, 0.05) is 29.9 Å². The van der Waals surface area contributed by atoms with Gasteiger partial charge >= 0.3 is 5.97 Å². The molecule has 3 fully saturated rings. The zero-order valence-electron chi connectivity index (χ0n) is 30.4. The molecule has 0 aliphatic carbocycles. The Morgan fingerprint density at radius 2 is 1.60 bits per heavy atom. The maximum absolute atomic E-state index is 14.0. The van der Waals surface area contributed by atoms with Gasteiger partial charge in [-0.2, -0.15) is 0 Å². The number of aliphatic hydroxyl groups excluding tert-OH is 2. The molecule has 48 heavy (non-hydrogen) atoms. The smallest absolute Gasteiger partial charge is 0.311 e. The number of hydrogen-bond donors (Lipinski definition) is 5. The van der Waals surface area contributed by atoms with Crippen molar-refractivity contribution in [1.29, 1.82) is 0 Å². The van der Waals surface area contributed by atoms with Crippen molar-refractivity contribution in [2.75, 3.05) is 7.05 Å². The second kappa shape index (κ2) is 14.5. The summed E-state index contributed by atoms with van der Waals surface area (Å²) >= 11 is 0. The SMILES string of the molecule is CC[C@H]1OC(=O)[C@H](C)[C@@H](O[C@H]2C[C@@](C)(O)[C@@H](O)[C@H](C)O2)[C@H](C)[C@@H](OC2O[C@H](C)C[C@H](NC)[C@H]2O)[C@](C)(O)C[C@@H](C)C2=C(C)C(=O)C1(C)O2. The molecule has 0 saturated carbocycles. The Labute approximate surface area is 284 Å². The van der Waals surface area contributed by atoms with E-state index in [-0.39, 0.29) is 30.8 Å². The van der Waals surface area contributed by atoms with Crippen molar-refractivity contribution in [2.45, 2.75) is 173 Å². The third-order valence-corrected chi connectivity index (χ3v) is 11.0. The largest absolute Gasteiger partial charge is 0.479 e. The van der Waals surface area contributed by atoms with E-state index in [1.165, 1.54) is 6.92 Å².